The Kier molecular flexibility index (Phi) is 6.87. The number of carbonyl (C=O) groups excluding carboxylic acids is 3. The van der Waals surface area contributed by atoms with Crippen LogP contribution in [0, 0.1) is 5.92 Å². The first-order chi connectivity index (χ1) is 14.5. The number of ether oxygens (including phenoxy) is 3. The van der Waals surface area contributed by atoms with Crippen molar-refractivity contribution in [2.75, 3.05) is 38.8 Å². The minimum absolute atomic E-state index is 0.220. The first kappa shape index (κ1) is 21.1. The molecule has 0 bridgehead atoms. The zero-order chi connectivity index (χ0) is 21.5. The van der Waals surface area contributed by atoms with E-state index in [0.717, 1.165) is 4.90 Å². The van der Waals surface area contributed by atoms with Gasteiger partial charge >= 0.3 is 12.1 Å². The van der Waals surface area contributed by atoms with Crippen molar-refractivity contribution in [2.45, 2.75) is 0 Å². The molecule has 158 valence electrons. The lowest BCUT2D eigenvalue weighted by atomic mass is 10.1. The van der Waals surface area contributed by atoms with Gasteiger partial charge < -0.3 is 14.2 Å². The van der Waals surface area contributed by atoms with E-state index in [1.807, 2.05) is 35.6 Å². The maximum absolute atomic E-state index is 12.6. The number of amides is 5. The van der Waals surface area contributed by atoms with Crippen LogP contribution in [0.5, 0.6) is 17.2 Å². The summed E-state index contributed by atoms with van der Waals surface area (Å²) < 4.78 is 17.1. The summed E-state index contributed by atoms with van der Waals surface area (Å²) in [6.07, 6.45) is 0.220. The van der Waals surface area contributed by atoms with Crippen molar-refractivity contribution in [3.05, 3.63) is 48.5 Å². The topological polar surface area (TPSA) is 97.4 Å². The number of hydrogen-bond donors (Lipinski definition) is 1. The molecule has 0 aliphatic carbocycles. The Hall–Kier alpha value is -3.59. The summed E-state index contributed by atoms with van der Waals surface area (Å²) in [6, 6.07) is 12.9. The van der Waals surface area contributed by atoms with Crippen LogP contribution >= 0.6 is 0 Å². The van der Waals surface area contributed by atoms with Crippen molar-refractivity contribution in [1.29, 1.82) is 0 Å². The second kappa shape index (κ2) is 9.75. The predicted molar refractivity (Wildman–Crippen MR) is 109 cm³/mol. The first-order valence-corrected chi connectivity index (χ1v) is 9.32. The molecule has 0 atom stereocenters. The molecule has 2 aromatic rings. The van der Waals surface area contributed by atoms with E-state index in [0.29, 0.717) is 48.7 Å². The molecule has 2 aromatic carbocycles. The van der Waals surface area contributed by atoms with Gasteiger partial charge in [-0.25, -0.2) is 14.5 Å². The van der Waals surface area contributed by atoms with Gasteiger partial charge in [-0.3, -0.25) is 15.0 Å². The van der Waals surface area contributed by atoms with Gasteiger partial charge in [0.1, 0.15) is 5.75 Å². The molecule has 0 radical (unpaired) electrons. The van der Waals surface area contributed by atoms with Crippen LogP contribution in [0.25, 0.3) is 0 Å². The monoisotopic (exact) mass is 413 g/mol. The van der Waals surface area contributed by atoms with Crippen molar-refractivity contribution >= 4 is 24.2 Å². The predicted octanol–water partition coefficient (Wildman–Crippen LogP) is 2.86. The Balaban J connectivity index is 1.81. The van der Waals surface area contributed by atoms with Gasteiger partial charge in [-0.05, 0) is 24.3 Å². The third-order valence-corrected chi connectivity index (χ3v) is 4.53. The van der Waals surface area contributed by atoms with Crippen molar-refractivity contribution in [3.63, 3.8) is 0 Å². The highest BCUT2D eigenvalue weighted by molar-refractivity contribution is 6.03. The normalized spacial score (nSPS) is 13.0. The summed E-state index contributed by atoms with van der Waals surface area (Å²) in [4.78, 5) is 36.8. The van der Waals surface area contributed by atoms with Gasteiger partial charge in [0.15, 0.2) is 11.5 Å². The van der Waals surface area contributed by atoms with E-state index in [2.05, 4.69) is 0 Å². The summed E-state index contributed by atoms with van der Waals surface area (Å²) >= 11 is 0. The fourth-order valence-corrected chi connectivity index (χ4v) is 2.68. The number of hydrogen-bond acceptors (Lipinski definition) is 6. The average Bonchev–Trinajstić information content (AvgIpc) is 2.73. The van der Waals surface area contributed by atoms with Gasteiger partial charge in [-0.15, -0.1) is 0 Å². The highest BCUT2D eigenvalue weighted by atomic mass is 16.5. The number of urea groups is 2. The summed E-state index contributed by atoms with van der Waals surface area (Å²) in [7, 11) is 2.79. The standard InChI is InChI=1S/C21H23N3O6/c1-23(21(27)24(2)20(26)22-14-25)16-8-9-18(30-17-6-4-3-5-7-17)19(10-16)29-13-15-11-28-12-15/h3-10,14-15H,11-13H2,1-2H3,(H,22,25,26). The second-order valence-electron chi connectivity index (χ2n) is 6.73. The number of rotatable bonds is 7. The van der Waals surface area contributed by atoms with Gasteiger partial charge in [-0.2, -0.15) is 0 Å². The Labute approximate surface area is 174 Å². The van der Waals surface area contributed by atoms with E-state index in [1.165, 1.54) is 19.0 Å². The molecule has 3 rings (SSSR count). The van der Waals surface area contributed by atoms with Crippen LogP contribution in [0.2, 0.25) is 0 Å². The molecular weight excluding hydrogens is 390 g/mol. The summed E-state index contributed by atoms with van der Waals surface area (Å²) in [5.74, 6) is 1.91. The van der Waals surface area contributed by atoms with Crippen LogP contribution in [-0.4, -0.2) is 57.3 Å². The van der Waals surface area contributed by atoms with Gasteiger partial charge in [0, 0.05) is 31.8 Å². The van der Waals surface area contributed by atoms with Crippen LogP contribution in [0.4, 0.5) is 15.3 Å². The molecule has 1 aliphatic rings. The van der Waals surface area contributed by atoms with Crippen LogP contribution in [-0.2, 0) is 9.53 Å². The number of nitrogens with zero attached hydrogens (tertiary/aromatic N) is 2. The molecule has 0 aromatic heterocycles. The Morgan fingerprint density at radius 3 is 2.50 bits per heavy atom. The summed E-state index contributed by atoms with van der Waals surface area (Å²) in [5, 5.41) is 1.93. The molecule has 1 aliphatic heterocycles. The fourth-order valence-electron chi connectivity index (χ4n) is 2.68. The molecule has 5 amide bonds. The minimum Gasteiger partial charge on any atom is -0.489 e. The van der Waals surface area contributed by atoms with Crippen molar-refractivity contribution in [1.82, 2.24) is 10.2 Å². The fraction of sp³-hybridized carbons (Fsp3) is 0.286. The van der Waals surface area contributed by atoms with Gasteiger partial charge in [0.05, 0.1) is 19.8 Å². The zero-order valence-electron chi connectivity index (χ0n) is 16.7. The van der Waals surface area contributed by atoms with E-state index in [4.69, 9.17) is 14.2 Å². The lowest BCUT2D eigenvalue weighted by Gasteiger charge is -2.27. The quantitative estimate of drug-likeness (QED) is 0.701. The molecule has 0 unspecified atom stereocenters. The molecule has 9 heteroatoms. The molecule has 9 nitrogen and oxygen atoms in total. The average molecular weight is 413 g/mol. The van der Waals surface area contributed by atoms with Crippen LogP contribution in [0.1, 0.15) is 0 Å². The number of nitrogens with one attached hydrogen (secondary N) is 1. The van der Waals surface area contributed by atoms with E-state index >= 15 is 0 Å². The molecule has 1 saturated heterocycles. The highest BCUT2D eigenvalue weighted by Gasteiger charge is 2.24. The molecule has 1 fully saturated rings. The highest BCUT2D eigenvalue weighted by Crippen LogP contribution is 2.35. The summed E-state index contributed by atoms with van der Waals surface area (Å²) in [5.41, 5.74) is 0.492. The lowest BCUT2D eigenvalue weighted by molar-refractivity contribution is -0.108. The number of imide groups is 2. The van der Waals surface area contributed by atoms with Crippen molar-refractivity contribution in [2.24, 2.45) is 5.92 Å². The van der Waals surface area contributed by atoms with Gasteiger partial charge in [-0.1, -0.05) is 18.2 Å². The Bertz CT molecular complexity index is 901. The van der Waals surface area contributed by atoms with Crippen molar-refractivity contribution < 1.29 is 28.6 Å². The van der Waals surface area contributed by atoms with Crippen LogP contribution in [0.3, 0.4) is 0 Å². The third kappa shape index (κ3) is 5.06. The van der Waals surface area contributed by atoms with E-state index < -0.39 is 12.1 Å². The second-order valence-corrected chi connectivity index (χ2v) is 6.73. The number of para-hydroxylation sites is 1. The molecule has 0 spiro atoms. The smallest absolute Gasteiger partial charge is 0.332 e. The molecule has 1 heterocycles. The van der Waals surface area contributed by atoms with E-state index in [1.54, 1.807) is 18.2 Å². The van der Waals surface area contributed by atoms with E-state index in [9.17, 15) is 14.4 Å². The number of anilines is 1. The first-order valence-electron chi connectivity index (χ1n) is 9.32. The zero-order valence-corrected chi connectivity index (χ0v) is 16.7. The molecular formula is C21H23N3O6. The Morgan fingerprint density at radius 1 is 1.13 bits per heavy atom. The largest absolute Gasteiger partial charge is 0.489 e. The van der Waals surface area contributed by atoms with Crippen molar-refractivity contribution in [3.8, 4) is 17.2 Å². The number of carbonyl (C=O) groups is 3. The van der Waals surface area contributed by atoms with Gasteiger partial charge in [0.2, 0.25) is 6.41 Å². The molecule has 30 heavy (non-hydrogen) atoms. The minimum atomic E-state index is -0.827. The van der Waals surface area contributed by atoms with E-state index in [-0.39, 0.29) is 6.41 Å². The molecule has 1 N–H and O–H groups in total. The summed E-state index contributed by atoms with van der Waals surface area (Å²) in [6.45, 7) is 1.74. The van der Waals surface area contributed by atoms with Crippen LogP contribution < -0.4 is 19.7 Å². The maximum atomic E-state index is 12.6. The van der Waals surface area contributed by atoms with Gasteiger partial charge in [0.25, 0.3) is 0 Å². The lowest BCUT2D eigenvalue weighted by Crippen LogP contribution is -2.46. The Morgan fingerprint density at radius 2 is 1.87 bits per heavy atom. The maximum Gasteiger partial charge on any atom is 0.332 e. The number of benzene rings is 2. The SMILES string of the molecule is CN(C(=O)NC=O)C(=O)N(C)c1ccc(Oc2ccccc2)c(OCC2COC2)c1. The van der Waals surface area contributed by atoms with Crippen LogP contribution in [0.15, 0.2) is 48.5 Å². The molecule has 0 saturated carbocycles. The third-order valence-electron chi connectivity index (χ3n) is 4.53.